The first-order valence-corrected chi connectivity index (χ1v) is 8.01. The topological polar surface area (TPSA) is 75.9 Å². The second kappa shape index (κ2) is 5.98. The predicted octanol–water partition coefficient (Wildman–Crippen LogP) is 3.20. The van der Waals surface area contributed by atoms with E-state index in [1.54, 1.807) is 31.4 Å². The Kier molecular flexibility index (Phi) is 3.65. The predicted molar refractivity (Wildman–Crippen MR) is 94.7 cm³/mol. The summed E-state index contributed by atoms with van der Waals surface area (Å²) >= 11 is 0. The number of aliphatic hydroxyl groups excluding tert-OH is 1. The van der Waals surface area contributed by atoms with Gasteiger partial charge in [0.2, 0.25) is 0 Å². The highest BCUT2D eigenvalue weighted by molar-refractivity contribution is 6.26. The third-order valence-corrected chi connectivity index (χ3v) is 4.33. The first kappa shape index (κ1) is 15.3. The third-order valence-electron chi connectivity index (χ3n) is 4.33. The molecule has 2 aromatic heterocycles. The van der Waals surface area contributed by atoms with Crippen molar-refractivity contribution in [1.29, 1.82) is 0 Å². The maximum Gasteiger partial charge on any atom is 0.261 e. The first-order chi connectivity index (χ1) is 12.2. The summed E-state index contributed by atoms with van der Waals surface area (Å²) in [5, 5.41) is 13.1. The molecular formula is C19H17N3O3. The van der Waals surface area contributed by atoms with Crippen LogP contribution in [0.15, 0.2) is 54.4 Å². The molecule has 0 fully saturated rings. The standard InChI is InChI=1S/C19H17N3O3/c1-25-13-7-5-12(6-8-13)20-19(24)17-15(23)10-9-14-18(17)21-16-4-2-3-11-22(14)16/h2-8,11,23H,9-10H2,1H3,(H,20,24). The zero-order valence-electron chi connectivity index (χ0n) is 13.7. The van der Waals surface area contributed by atoms with E-state index in [4.69, 9.17) is 4.74 Å². The molecule has 0 spiro atoms. The Labute approximate surface area is 144 Å². The van der Waals surface area contributed by atoms with Gasteiger partial charge in [0.15, 0.2) is 0 Å². The van der Waals surface area contributed by atoms with Crippen LogP contribution in [0.25, 0.3) is 11.2 Å². The van der Waals surface area contributed by atoms with Crippen molar-refractivity contribution >= 4 is 22.8 Å². The number of ether oxygens (including phenoxy) is 1. The van der Waals surface area contributed by atoms with Crippen LogP contribution in [0.5, 0.6) is 5.75 Å². The fourth-order valence-corrected chi connectivity index (χ4v) is 3.09. The molecule has 6 heteroatoms. The second-order valence-corrected chi connectivity index (χ2v) is 5.84. The van der Waals surface area contributed by atoms with Crippen LogP contribution in [0.1, 0.15) is 17.8 Å². The SMILES string of the molecule is COc1ccc(NC(=O)C2=C(O)CCc3c2nc2ccccn32)cc1. The van der Waals surface area contributed by atoms with Gasteiger partial charge in [-0.2, -0.15) is 0 Å². The molecule has 2 heterocycles. The number of rotatable bonds is 3. The molecular weight excluding hydrogens is 318 g/mol. The first-order valence-electron chi connectivity index (χ1n) is 8.01. The molecule has 0 unspecified atom stereocenters. The van der Waals surface area contributed by atoms with Gasteiger partial charge in [0.05, 0.1) is 12.8 Å². The van der Waals surface area contributed by atoms with E-state index >= 15 is 0 Å². The van der Waals surface area contributed by atoms with Crippen LogP contribution in [-0.2, 0) is 11.2 Å². The van der Waals surface area contributed by atoms with Crippen molar-refractivity contribution in [2.75, 3.05) is 12.4 Å². The summed E-state index contributed by atoms with van der Waals surface area (Å²) in [5.41, 5.74) is 3.11. The zero-order valence-corrected chi connectivity index (χ0v) is 13.7. The number of nitrogens with one attached hydrogen (secondary N) is 1. The van der Waals surface area contributed by atoms with E-state index in [1.165, 1.54) is 0 Å². The third kappa shape index (κ3) is 2.61. The lowest BCUT2D eigenvalue weighted by atomic mass is 9.97. The van der Waals surface area contributed by atoms with Crippen LogP contribution < -0.4 is 10.1 Å². The summed E-state index contributed by atoms with van der Waals surface area (Å²) in [6, 6.07) is 12.7. The molecule has 0 atom stereocenters. The lowest BCUT2D eigenvalue weighted by molar-refractivity contribution is -0.111. The van der Waals surface area contributed by atoms with Crippen molar-refractivity contribution in [3.8, 4) is 5.75 Å². The van der Waals surface area contributed by atoms with E-state index in [1.807, 2.05) is 28.8 Å². The molecule has 1 amide bonds. The molecule has 0 bridgehead atoms. The molecule has 0 saturated heterocycles. The quantitative estimate of drug-likeness (QED) is 0.771. The van der Waals surface area contributed by atoms with Crippen LogP contribution >= 0.6 is 0 Å². The van der Waals surface area contributed by atoms with Crippen molar-refractivity contribution in [3.05, 3.63) is 65.8 Å². The van der Waals surface area contributed by atoms with Gasteiger partial charge in [0.1, 0.15) is 28.4 Å². The van der Waals surface area contributed by atoms with Gasteiger partial charge in [-0.05, 0) is 42.8 Å². The number of pyridine rings is 1. The number of anilines is 1. The number of nitrogens with zero attached hydrogens (tertiary/aromatic N) is 2. The van der Waals surface area contributed by atoms with Gasteiger partial charge >= 0.3 is 0 Å². The second-order valence-electron chi connectivity index (χ2n) is 5.84. The Morgan fingerprint density at radius 1 is 1.20 bits per heavy atom. The highest BCUT2D eigenvalue weighted by Gasteiger charge is 2.28. The van der Waals surface area contributed by atoms with Gasteiger partial charge in [0.25, 0.3) is 5.91 Å². The number of aryl methyl sites for hydroxylation is 1. The van der Waals surface area contributed by atoms with Gasteiger partial charge in [0, 0.05) is 18.3 Å². The highest BCUT2D eigenvalue weighted by atomic mass is 16.5. The number of amides is 1. The van der Waals surface area contributed by atoms with Crippen LogP contribution in [0.2, 0.25) is 0 Å². The maximum absolute atomic E-state index is 12.8. The van der Waals surface area contributed by atoms with Crippen LogP contribution in [0, 0.1) is 0 Å². The maximum atomic E-state index is 12.8. The summed E-state index contributed by atoms with van der Waals surface area (Å²) in [5.74, 6) is 0.411. The fraction of sp³-hybridized carbons (Fsp3) is 0.158. The number of carbonyl (C=O) groups excluding carboxylic acids is 1. The number of methoxy groups -OCH3 is 1. The van der Waals surface area contributed by atoms with E-state index in [-0.39, 0.29) is 17.2 Å². The molecule has 126 valence electrons. The molecule has 3 aromatic rings. The monoisotopic (exact) mass is 335 g/mol. The van der Waals surface area contributed by atoms with Crippen LogP contribution in [0.4, 0.5) is 5.69 Å². The molecule has 0 radical (unpaired) electrons. The van der Waals surface area contributed by atoms with Gasteiger partial charge in [-0.3, -0.25) is 4.79 Å². The van der Waals surface area contributed by atoms with Crippen molar-refractivity contribution < 1.29 is 14.6 Å². The minimum atomic E-state index is -0.368. The van der Waals surface area contributed by atoms with E-state index in [9.17, 15) is 9.90 Å². The summed E-state index contributed by atoms with van der Waals surface area (Å²) in [6.07, 6.45) is 2.98. The Morgan fingerprint density at radius 3 is 2.76 bits per heavy atom. The van der Waals surface area contributed by atoms with E-state index in [0.29, 0.717) is 30.0 Å². The molecule has 25 heavy (non-hydrogen) atoms. The summed E-state index contributed by atoms with van der Waals surface area (Å²) in [4.78, 5) is 17.3. The van der Waals surface area contributed by atoms with Gasteiger partial charge in [-0.25, -0.2) is 4.98 Å². The van der Waals surface area contributed by atoms with Crippen molar-refractivity contribution in [2.24, 2.45) is 0 Å². The number of aliphatic hydroxyl groups is 1. The van der Waals surface area contributed by atoms with Gasteiger partial charge in [-0.1, -0.05) is 6.07 Å². The molecule has 1 aliphatic carbocycles. The van der Waals surface area contributed by atoms with Crippen LogP contribution in [-0.4, -0.2) is 27.5 Å². The van der Waals surface area contributed by atoms with Gasteiger partial charge < -0.3 is 19.6 Å². The molecule has 6 nitrogen and oxygen atoms in total. The molecule has 0 aliphatic heterocycles. The Bertz CT molecular complexity index is 987. The van der Waals surface area contributed by atoms with E-state index < -0.39 is 0 Å². The largest absolute Gasteiger partial charge is 0.511 e. The molecule has 1 aliphatic rings. The Hall–Kier alpha value is -3.28. The average molecular weight is 335 g/mol. The fourth-order valence-electron chi connectivity index (χ4n) is 3.09. The number of hydrogen-bond donors (Lipinski definition) is 2. The van der Waals surface area contributed by atoms with Crippen LogP contribution in [0.3, 0.4) is 0 Å². The van der Waals surface area contributed by atoms with E-state index in [0.717, 1.165) is 11.3 Å². The van der Waals surface area contributed by atoms with Crippen molar-refractivity contribution in [2.45, 2.75) is 12.8 Å². The number of imidazole rings is 1. The minimum absolute atomic E-state index is 0.0712. The molecule has 1 aromatic carbocycles. The van der Waals surface area contributed by atoms with Crippen molar-refractivity contribution in [3.63, 3.8) is 0 Å². The lowest BCUT2D eigenvalue weighted by Crippen LogP contribution is -2.19. The van der Waals surface area contributed by atoms with Gasteiger partial charge in [-0.15, -0.1) is 0 Å². The minimum Gasteiger partial charge on any atom is -0.511 e. The normalized spacial score (nSPS) is 13.6. The number of allylic oxidation sites excluding steroid dienone is 1. The summed E-state index contributed by atoms with van der Waals surface area (Å²) in [7, 11) is 1.59. The zero-order chi connectivity index (χ0) is 17.4. The lowest BCUT2D eigenvalue weighted by Gasteiger charge is -2.16. The average Bonchev–Trinajstić information content (AvgIpc) is 3.00. The Balaban J connectivity index is 1.70. The summed E-state index contributed by atoms with van der Waals surface area (Å²) < 4.78 is 7.07. The number of fused-ring (bicyclic) bond motifs is 3. The summed E-state index contributed by atoms with van der Waals surface area (Å²) in [6.45, 7) is 0. The number of aromatic nitrogens is 2. The number of hydrogen-bond acceptors (Lipinski definition) is 4. The number of benzene rings is 1. The smallest absolute Gasteiger partial charge is 0.261 e. The van der Waals surface area contributed by atoms with Crippen molar-refractivity contribution in [1.82, 2.24) is 9.38 Å². The van der Waals surface area contributed by atoms with E-state index in [2.05, 4.69) is 10.3 Å². The molecule has 2 N–H and O–H groups in total. The highest BCUT2D eigenvalue weighted by Crippen LogP contribution is 2.31. The molecule has 0 saturated carbocycles. The molecule has 4 rings (SSSR count). The number of carbonyl (C=O) groups is 1. The Morgan fingerprint density at radius 2 is 2.00 bits per heavy atom.